The van der Waals surface area contributed by atoms with Gasteiger partial charge in [0, 0.05) is 38.8 Å². The van der Waals surface area contributed by atoms with Crippen molar-refractivity contribution in [2.45, 2.75) is 59.4 Å². The van der Waals surface area contributed by atoms with E-state index in [1.807, 2.05) is 0 Å². The van der Waals surface area contributed by atoms with Crippen LogP contribution in [0.2, 0.25) is 0 Å². The largest absolute Gasteiger partial charge is 0.357 e. The summed E-state index contributed by atoms with van der Waals surface area (Å²) in [5, 5.41) is 7.01. The number of nitrogens with zero attached hydrogens (tertiary/aromatic N) is 2. The van der Waals surface area contributed by atoms with Crippen LogP contribution in [-0.2, 0) is 0 Å². The van der Waals surface area contributed by atoms with Crippen LogP contribution in [0, 0.1) is 5.92 Å². The maximum absolute atomic E-state index is 4.78. The zero-order valence-electron chi connectivity index (χ0n) is 15.5. The highest BCUT2D eigenvalue weighted by molar-refractivity contribution is 14.0. The molecule has 1 aliphatic rings. The molecule has 0 aromatic heterocycles. The first kappa shape index (κ1) is 22.7. The van der Waals surface area contributed by atoms with E-state index in [9.17, 15) is 0 Å². The van der Waals surface area contributed by atoms with E-state index in [2.05, 4.69) is 49.8 Å². The van der Waals surface area contributed by atoms with Crippen molar-refractivity contribution in [1.29, 1.82) is 0 Å². The van der Waals surface area contributed by atoms with E-state index in [1.54, 1.807) is 0 Å². The minimum Gasteiger partial charge on any atom is -0.357 e. The quantitative estimate of drug-likeness (QED) is 0.264. The SMILES string of the molecule is C=C(C)CN1CCC(NC(=NCC(CC)CC)NCC)CC1.I. The van der Waals surface area contributed by atoms with Crippen LogP contribution in [0.25, 0.3) is 0 Å². The number of likely N-dealkylation sites (tertiary alicyclic amines) is 1. The summed E-state index contributed by atoms with van der Waals surface area (Å²) < 4.78 is 0. The molecule has 136 valence electrons. The fourth-order valence-electron chi connectivity index (χ4n) is 2.90. The second-order valence-corrected chi connectivity index (χ2v) is 6.55. The van der Waals surface area contributed by atoms with Gasteiger partial charge in [0.2, 0.25) is 0 Å². The molecule has 1 saturated heterocycles. The Morgan fingerprint density at radius 3 is 2.30 bits per heavy atom. The monoisotopic (exact) mass is 436 g/mol. The first-order valence-electron chi connectivity index (χ1n) is 9.00. The summed E-state index contributed by atoms with van der Waals surface area (Å²) >= 11 is 0. The molecule has 0 aliphatic carbocycles. The number of rotatable bonds is 8. The van der Waals surface area contributed by atoms with Gasteiger partial charge in [0.25, 0.3) is 0 Å². The van der Waals surface area contributed by atoms with Crippen molar-refractivity contribution in [3.05, 3.63) is 12.2 Å². The Balaban J connectivity index is 0.00000484. The van der Waals surface area contributed by atoms with Gasteiger partial charge in [0.05, 0.1) is 0 Å². The molecule has 0 atom stereocenters. The molecule has 0 unspecified atom stereocenters. The molecule has 0 radical (unpaired) electrons. The summed E-state index contributed by atoms with van der Waals surface area (Å²) in [6, 6.07) is 0.542. The number of halogens is 1. The lowest BCUT2D eigenvalue weighted by Crippen LogP contribution is -2.49. The van der Waals surface area contributed by atoms with E-state index in [4.69, 9.17) is 4.99 Å². The normalized spacial score (nSPS) is 17.0. The van der Waals surface area contributed by atoms with E-state index in [1.165, 1.54) is 31.3 Å². The fourth-order valence-corrected chi connectivity index (χ4v) is 2.90. The molecule has 1 rings (SSSR count). The number of hydrogen-bond donors (Lipinski definition) is 2. The standard InChI is InChI=1S/C18H36N4.HI/c1-6-16(7-2)13-20-18(19-8-3)21-17-9-11-22(12-10-17)14-15(4)5;/h16-17H,4,6-14H2,1-3,5H3,(H2,19,20,21);1H. The molecular weight excluding hydrogens is 399 g/mol. The van der Waals surface area contributed by atoms with Crippen LogP contribution in [0.5, 0.6) is 0 Å². The lowest BCUT2D eigenvalue weighted by atomic mass is 10.0. The summed E-state index contributed by atoms with van der Waals surface area (Å²) in [5.41, 5.74) is 1.26. The zero-order valence-corrected chi connectivity index (χ0v) is 17.9. The molecule has 0 amide bonds. The predicted octanol–water partition coefficient (Wildman–Crippen LogP) is 3.64. The molecule has 1 aliphatic heterocycles. The zero-order chi connectivity index (χ0) is 16.4. The van der Waals surface area contributed by atoms with E-state index >= 15 is 0 Å². The van der Waals surface area contributed by atoms with Crippen molar-refractivity contribution in [2.24, 2.45) is 10.9 Å². The van der Waals surface area contributed by atoms with Crippen molar-refractivity contribution < 1.29 is 0 Å². The lowest BCUT2D eigenvalue weighted by Gasteiger charge is -2.33. The first-order valence-corrected chi connectivity index (χ1v) is 9.00. The van der Waals surface area contributed by atoms with E-state index < -0.39 is 0 Å². The van der Waals surface area contributed by atoms with Gasteiger partial charge >= 0.3 is 0 Å². The molecular formula is C18H37IN4. The van der Waals surface area contributed by atoms with Crippen LogP contribution in [0.4, 0.5) is 0 Å². The maximum atomic E-state index is 4.78. The Morgan fingerprint density at radius 2 is 1.83 bits per heavy atom. The van der Waals surface area contributed by atoms with Crippen LogP contribution < -0.4 is 10.6 Å². The van der Waals surface area contributed by atoms with Crippen LogP contribution >= 0.6 is 24.0 Å². The fraction of sp³-hybridized carbons (Fsp3) is 0.833. The molecule has 0 aromatic carbocycles. The third-order valence-electron chi connectivity index (χ3n) is 4.43. The summed E-state index contributed by atoms with van der Waals surface area (Å²) in [7, 11) is 0. The maximum Gasteiger partial charge on any atom is 0.191 e. The van der Waals surface area contributed by atoms with Gasteiger partial charge in [0.15, 0.2) is 5.96 Å². The minimum absolute atomic E-state index is 0. The average molecular weight is 436 g/mol. The minimum atomic E-state index is 0. The van der Waals surface area contributed by atoms with Gasteiger partial charge in [-0.05, 0) is 32.6 Å². The van der Waals surface area contributed by atoms with Gasteiger partial charge < -0.3 is 10.6 Å². The molecule has 0 saturated carbocycles. The molecule has 2 N–H and O–H groups in total. The van der Waals surface area contributed by atoms with Crippen molar-refractivity contribution in [2.75, 3.05) is 32.7 Å². The second-order valence-electron chi connectivity index (χ2n) is 6.55. The van der Waals surface area contributed by atoms with Gasteiger partial charge in [-0.2, -0.15) is 0 Å². The highest BCUT2D eigenvalue weighted by Crippen LogP contribution is 2.12. The van der Waals surface area contributed by atoms with E-state index in [0.717, 1.165) is 38.7 Å². The number of nitrogens with one attached hydrogen (secondary N) is 2. The third-order valence-corrected chi connectivity index (χ3v) is 4.43. The highest BCUT2D eigenvalue weighted by atomic mass is 127. The summed E-state index contributed by atoms with van der Waals surface area (Å²) in [5.74, 6) is 1.70. The van der Waals surface area contributed by atoms with Crippen LogP contribution in [0.15, 0.2) is 17.1 Å². The van der Waals surface area contributed by atoms with E-state index in [0.29, 0.717) is 12.0 Å². The molecule has 0 aromatic rings. The summed E-state index contributed by atoms with van der Waals surface area (Å²) in [4.78, 5) is 7.28. The Labute approximate surface area is 160 Å². The van der Waals surface area contributed by atoms with Crippen molar-refractivity contribution in [3.8, 4) is 0 Å². The smallest absolute Gasteiger partial charge is 0.191 e. The van der Waals surface area contributed by atoms with Crippen molar-refractivity contribution >= 4 is 29.9 Å². The molecule has 1 heterocycles. The Morgan fingerprint density at radius 1 is 1.22 bits per heavy atom. The number of piperidine rings is 1. The van der Waals surface area contributed by atoms with Crippen molar-refractivity contribution in [1.82, 2.24) is 15.5 Å². The van der Waals surface area contributed by atoms with Crippen LogP contribution in [-0.4, -0.2) is 49.6 Å². The Kier molecular flexibility index (Phi) is 12.9. The van der Waals surface area contributed by atoms with Gasteiger partial charge in [-0.3, -0.25) is 9.89 Å². The third kappa shape index (κ3) is 9.55. The van der Waals surface area contributed by atoms with Crippen LogP contribution in [0.1, 0.15) is 53.4 Å². The Bertz CT molecular complexity index is 345. The second kappa shape index (κ2) is 13.0. The highest BCUT2D eigenvalue weighted by Gasteiger charge is 2.19. The van der Waals surface area contributed by atoms with Gasteiger partial charge in [0.1, 0.15) is 0 Å². The van der Waals surface area contributed by atoms with Crippen LogP contribution in [0.3, 0.4) is 0 Å². The number of guanidine groups is 1. The number of aliphatic imine (C=N–C) groups is 1. The van der Waals surface area contributed by atoms with Gasteiger partial charge in [-0.1, -0.05) is 38.8 Å². The summed E-state index contributed by atoms with van der Waals surface area (Å²) in [6.45, 7) is 17.9. The Hall–Kier alpha value is -0.300. The van der Waals surface area contributed by atoms with Gasteiger partial charge in [-0.15, -0.1) is 24.0 Å². The topological polar surface area (TPSA) is 39.7 Å². The predicted molar refractivity (Wildman–Crippen MR) is 113 cm³/mol. The van der Waals surface area contributed by atoms with Gasteiger partial charge in [-0.25, -0.2) is 0 Å². The lowest BCUT2D eigenvalue weighted by molar-refractivity contribution is 0.221. The molecule has 4 nitrogen and oxygen atoms in total. The number of hydrogen-bond acceptors (Lipinski definition) is 2. The molecule has 0 spiro atoms. The summed E-state index contributed by atoms with van der Waals surface area (Å²) in [6.07, 6.45) is 4.78. The van der Waals surface area contributed by atoms with E-state index in [-0.39, 0.29) is 24.0 Å². The molecule has 1 fully saturated rings. The molecule has 0 bridgehead atoms. The van der Waals surface area contributed by atoms with Crippen molar-refractivity contribution in [3.63, 3.8) is 0 Å². The molecule has 23 heavy (non-hydrogen) atoms. The molecule has 5 heteroatoms. The average Bonchev–Trinajstić information content (AvgIpc) is 2.50. The first-order chi connectivity index (χ1) is 10.6.